The molecule has 1 aliphatic heterocycles. The average Bonchev–Trinajstić information content (AvgIpc) is 2.90. The number of benzene rings is 1. The normalized spacial score (nSPS) is 13.3. The van der Waals surface area contributed by atoms with Gasteiger partial charge in [-0.25, -0.2) is 9.18 Å². The Bertz CT molecular complexity index is 699. The minimum atomic E-state index is -1.26. The molecule has 1 aromatic heterocycles. The van der Waals surface area contributed by atoms with Crippen molar-refractivity contribution < 1.29 is 28.3 Å². The van der Waals surface area contributed by atoms with Crippen molar-refractivity contribution in [2.45, 2.75) is 0 Å². The summed E-state index contributed by atoms with van der Waals surface area (Å²) in [6.07, 6.45) is 0. The van der Waals surface area contributed by atoms with Gasteiger partial charge in [0.05, 0.1) is 4.47 Å². The number of fused-ring (bicyclic) bond motifs is 1. The molecule has 2 heterocycles. The number of carboxylic acids is 1. The zero-order valence-corrected chi connectivity index (χ0v) is 11.4. The summed E-state index contributed by atoms with van der Waals surface area (Å²) in [7, 11) is 0. The van der Waals surface area contributed by atoms with E-state index in [2.05, 4.69) is 21.1 Å². The van der Waals surface area contributed by atoms with Crippen LogP contribution in [0.5, 0.6) is 11.5 Å². The smallest absolute Gasteiger partial charge is 0.358 e. The number of carbonyl (C=O) groups is 1. The maximum Gasteiger partial charge on any atom is 0.358 e. The molecule has 0 aliphatic carbocycles. The zero-order chi connectivity index (χ0) is 14.3. The molecule has 0 fully saturated rings. The number of carboxylic acid groups (broad SMARTS) is 1. The number of aromatic carboxylic acids is 1. The largest absolute Gasteiger partial charge is 0.486 e. The second-order valence-corrected chi connectivity index (χ2v) is 4.81. The minimum absolute atomic E-state index is 0.0194. The van der Waals surface area contributed by atoms with Crippen LogP contribution >= 0.6 is 15.9 Å². The Hall–Kier alpha value is -2.09. The predicted molar refractivity (Wildman–Crippen MR) is 67.5 cm³/mol. The second-order valence-electron chi connectivity index (χ2n) is 3.95. The van der Waals surface area contributed by atoms with Gasteiger partial charge < -0.3 is 19.1 Å². The minimum Gasteiger partial charge on any atom is -0.486 e. The van der Waals surface area contributed by atoms with Crippen LogP contribution in [0.25, 0.3) is 11.3 Å². The molecule has 1 aromatic carbocycles. The highest BCUT2D eigenvalue weighted by Gasteiger charge is 2.27. The Morgan fingerprint density at radius 1 is 1.35 bits per heavy atom. The van der Waals surface area contributed by atoms with Gasteiger partial charge in [0.1, 0.15) is 18.8 Å². The summed E-state index contributed by atoms with van der Waals surface area (Å²) in [6, 6.07) is 2.58. The van der Waals surface area contributed by atoms with Crippen molar-refractivity contribution >= 4 is 21.9 Å². The van der Waals surface area contributed by atoms with E-state index < -0.39 is 11.8 Å². The Labute approximate surface area is 120 Å². The van der Waals surface area contributed by atoms with Crippen molar-refractivity contribution in [1.82, 2.24) is 5.16 Å². The number of ether oxygens (including phenoxy) is 2. The lowest BCUT2D eigenvalue weighted by molar-refractivity contribution is 0.0686. The highest BCUT2D eigenvalue weighted by molar-refractivity contribution is 9.10. The van der Waals surface area contributed by atoms with Crippen molar-refractivity contribution in [1.29, 1.82) is 0 Å². The van der Waals surface area contributed by atoms with Gasteiger partial charge in [-0.3, -0.25) is 0 Å². The fourth-order valence-electron chi connectivity index (χ4n) is 1.85. The first-order valence-electron chi connectivity index (χ1n) is 5.56. The van der Waals surface area contributed by atoms with Crippen LogP contribution in [0.3, 0.4) is 0 Å². The van der Waals surface area contributed by atoms with E-state index in [0.29, 0.717) is 12.4 Å². The quantitative estimate of drug-likeness (QED) is 0.902. The molecule has 104 valence electrons. The van der Waals surface area contributed by atoms with Crippen LogP contribution in [0.4, 0.5) is 4.39 Å². The van der Waals surface area contributed by atoms with Gasteiger partial charge in [0, 0.05) is 12.1 Å². The Morgan fingerprint density at radius 3 is 2.80 bits per heavy atom. The molecule has 0 amide bonds. The highest BCUT2D eigenvalue weighted by atomic mass is 79.9. The summed E-state index contributed by atoms with van der Waals surface area (Å²) in [5.41, 5.74) is -0.334. The Balaban J connectivity index is 2.20. The fraction of sp³-hybridized carbons (Fsp3) is 0.167. The number of halogens is 2. The predicted octanol–water partition coefficient (Wildman–Crippen LogP) is 2.71. The van der Waals surface area contributed by atoms with E-state index in [-0.39, 0.29) is 33.8 Å². The van der Waals surface area contributed by atoms with E-state index >= 15 is 0 Å². The molecule has 20 heavy (non-hydrogen) atoms. The SMILES string of the molecule is O=C(O)c1cc(-c2c(F)c(Br)cc3c2OCCO3)on1. The third-order valence-corrected chi connectivity index (χ3v) is 3.28. The average molecular weight is 344 g/mol. The van der Waals surface area contributed by atoms with Crippen LogP contribution in [0.15, 0.2) is 21.1 Å². The third kappa shape index (κ3) is 2.01. The highest BCUT2D eigenvalue weighted by Crippen LogP contribution is 2.44. The molecule has 0 saturated carbocycles. The van der Waals surface area contributed by atoms with Gasteiger partial charge in [-0.15, -0.1) is 0 Å². The van der Waals surface area contributed by atoms with Crippen molar-refractivity contribution in [2.75, 3.05) is 13.2 Å². The first kappa shape index (κ1) is 12.9. The van der Waals surface area contributed by atoms with Gasteiger partial charge in [-0.2, -0.15) is 0 Å². The van der Waals surface area contributed by atoms with E-state index in [1.165, 1.54) is 6.07 Å². The lowest BCUT2D eigenvalue weighted by Gasteiger charge is -2.21. The Kier molecular flexibility index (Phi) is 3.09. The summed E-state index contributed by atoms with van der Waals surface area (Å²) in [5, 5.41) is 12.2. The molecule has 0 spiro atoms. The monoisotopic (exact) mass is 343 g/mol. The fourth-order valence-corrected chi connectivity index (χ4v) is 2.25. The van der Waals surface area contributed by atoms with Gasteiger partial charge in [0.25, 0.3) is 0 Å². The molecular formula is C12H7BrFNO5. The summed E-state index contributed by atoms with van der Waals surface area (Å²) in [4.78, 5) is 10.8. The molecule has 3 rings (SSSR count). The lowest BCUT2D eigenvalue weighted by Crippen LogP contribution is -2.16. The molecule has 0 saturated heterocycles. The maximum atomic E-state index is 14.3. The summed E-state index contributed by atoms with van der Waals surface area (Å²) >= 11 is 3.07. The van der Waals surface area contributed by atoms with Crippen molar-refractivity contribution in [3.05, 3.63) is 28.1 Å². The van der Waals surface area contributed by atoms with E-state index in [0.717, 1.165) is 6.07 Å². The van der Waals surface area contributed by atoms with Crippen LogP contribution in [-0.4, -0.2) is 29.4 Å². The standard InChI is InChI=1S/C12H7BrFNO5/c13-5-3-8-11(19-2-1-18-8)9(10(5)14)7-4-6(12(16)17)15-20-7/h3-4H,1-2H2,(H,16,17). The van der Waals surface area contributed by atoms with Crippen LogP contribution in [-0.2, 0) is 0 Å². The van der Waals surface area contributed by atoms with E-state index in [1.807, 2.05) is 0 Å². The van der Waals surface area contributed by atoms with E-state index in [4.69, 9.17) is 19.1 Å². The molecule has 0 unspecified atom stereocenters. The molecule has 0 bridgehead atoms. The third-order valence-electron chi connectivity index (χ3n) is 2.70. The van der Waals surface area contributed by atoms with Crippen LogP contribution in [0, 0.1) is 5.82 Å². The second kappa shape index (κ2) is 4.78. The summed E-state index contributed by atoms with van der Waals surface area (Å²) < 4.78 is 30.1. The molecule has 6 nitrogen and oxygen atoms in total. The number of rotatable bonds is 2. The molecule has 0 atom stereocenters. The van der Waals surface area contributed by atoms with Crippen molar-refractivity contribution in [2.24, 2.45) is 0 Å². The van der Waals surface area contributed by atoms with Crippen LogP contribution in [0.2, 0.25) is 0 Å². The number of nitrogens with zero attached hydrogens (tertiary/aromatic N) is 1. The van der Waals surface area contributed by atoms with Crippen molar-refractivity contribution in [3.8, 4) is 22.8 Å². The Morgan fingerprint density at radius 2 is 2.10 bits per heavy atom. The molecule has 1 aliphatic rings. The number of hydrogen-bond acceptors (Lipinski definition) is 5. The van der Waals surface area contributed by atoms with E-state index in [1.54, 1.807) is 0 Å². The molecule has 0 radical (unpaired) electrons. The topological polar surface area (TPSA) is 81.8 Å². The maximum absolute atomic E-state index is 14.3. The van der Waals surface area contributed by atoms with Gasteiger partial charge in [0.15, 0.2) is 28.8 Å². The van der Waals surface area contributed by atoms with Crippen LogP contribution in [0.1, 0.15) is 10.5 Å². The van der Waals surface area contributed by atoms with Crippen molar-refractivity contribution in [3.63, 3.8) is 0 Å². The first-order chi connectivity index (χ1) is 9.58. The summed E-state index contributed by atoms with van der Waals surface area (Å²) in [6.45, 7) is 0.613. The van der Waals surface area contributed by atoms with Crippen LogP contribution < -0.4 is 9.47 Å². The van der Waals surface area contributed by atoms with E-state index in [9.17, 15) is 9.18 Å². The lowest BCUT2D eigenvalue weighted by atomic mass is 10.1. The number of aromatic nitrogens is 1. The molecule has 2 aromatic rings. The molecule has 8 heteroatoms. The van der Waals surface area contributed by atoms with Gasteiger partial charge in [0.2, 0.25) is 0 Å². The van der Waals surface area contributed by atoms with Gasteiger partial charge in [-0.1, -0.05) is 5.16 Å². The number of hydrogen-bond donors (Lipinski definition) is 1. The summed E-state index contributed by atoms with van der Waals surface area (Å²) in [5.74, 6) is -1.41. The van der Waals surface area contributed by atoms with Gasteiger partial charge in [-0.05, 0) is 15.9 Å². The first-order valence-corrected chi connectivity index (χ1v) is 6.35. The molecule has 1 N–H and O–H groups in total. The van der Waals surface area contributed by atoms with Gasteiger partial charge >= 0.3 is 5.97 Å². The zero-order valence-electron chi connectivity index (χ0n) is 9.85. The molecular weight excluding hydrogens is 337 g/mol.